The summed E-state index contributed by atoms with van der Waals surface area (Å²) < 4.78 is 3.98. The number of aromatic nitrogens is 4. The number of hydrogen-bond acceptors (Lipinski definition) is 4. The van der Waals surface area contributed by atoms with Gasteiger partial charge in [-0.2, -0.15) is 5.10 Å². The third kappa shape index (κ3) is 3.99. The third-order valence-electron chi connectivity index (χ3n) is 5.32. The van der Waals surface area contributed by atoms with Crippen molar-refractivity contribution in [2.45, 2.75) is 50.7 Å². The summed E-state index contributed by atoms with van der Waals surface area (Å²) in [6.07, 6.45) is 10.2. The molecule has 28 heavy (non-hydrogen) atoms. The topological polar surface area (TPSA) is 64.7 Å². The van der Waals surface area contributed by atoms with Crippen LogP contribution in [0.5, 0.6) is 0 Å². The number of carbonyl (C=O) groups is 1. The summed E-state index contributed by atoms with van der Waals surface area (Å²) >= 11 is 1.44. The predicted octanol–water partition coefficient (Wildman–Crippen LogP) is 4.53. The Morgan fingerprint density at radius 2 is 2.00 bits per heavy atom. The Morgan fingerprint density at radius 3 is 2.79 bits per heavy atom. The molecular weight excluding hydrogens is 370 g/mol. The summed E-state index contributed by atoms with van der Waals surface area (Å²) in [5, 5.41) is 8.23. The molecule has 2 aromatic heterocycles. The molecule has 2 heterocycles. The molecule has 4 rings (SSSR count). The Kier molecular flexibility index (Phi) is 5.52. The lowest BCUT2D eigenvalue weighted by Gasteiger charge is -2.14. The minimum Gasteiger partial charge on any atom is -0.310 e. The van der Waals surface area contributed by atoms with Crippen molar-refractivity contribution in [3.8, 4) is 5.69 Å². The van der Waals surface area contributed by atoms with E-state index in [1.807, 2.05) is 21.5 Å². The molecule has 0 radical (unpaired) electrons. The number of nitrogens with one attached hydrogen (secondary N) is 1. The fraction of sp³-hybridized carbons (Fsp3) is 0.381. The Labute approximate surface area is 169 Å². The number of amides is 1. The molecule has 0 atom stereocenters. The highest BCUT2D eigenvalue weighted by Gasteiger charge is 2.20. The Morgan fingerprint density at radius 1 is 1.18 bits per heavy atom. The monoisotopic (exact) mass is 395 g/mol. The van der Waals surface area contributed by atoms with Crippen molar-refractivity contribution in [1.29, 1.82) is 0 Å². The summed E-state index contributed by atoms with van der Waals surface area (Å²) in [4.78, 5) is 16.9. The fourth-order valence-electron chi connectivity index (χ4n) is 3.63. The molecule has 0 unspecified atom stereocenters. The number of imidazole rings is 1. The molecule has 0 bridgehead atoms. The van der Waals surface area contributed by atoms with Crippen molar-refractivity contribution < 1.29 is 4.79 Å². The highest BCUT2D eigenvalue weighted by Crippen LogP contribution is 2.31. The van der Waals surface area contributed by atoms with Gasteiger partial charge in [0.1, 0.15) is 5.82 Å². The zero-order valence-corrected chi connectivity index (χ0v) is 17.1. The van der Waals surface area contributed by atoms with Crippen LogP contribution in [-0.4, -0.2) is 31.0 Å². The van der Waals surface area contributed by atoms with Gasteiger partial charge in [-0.05, 0) is 49.9 Å². The molecule has 7 heteroatoms. The molecule has 0 aliphatic heterocycles. The smallest absolute Gasteiger partial charge is 0.235 e. The molecule has 1 N–H and O–H groups in total. The van der Waals surface area contributed by atoms with Crippen LogP contribution < -0.4 is 5.32 Å². The number of nitrogens with zero attached hydrogens (tertiary/aromatic N) is 4. The molecule has 1 amide bonds. The van der Waals surface area contributed by atoms with Gasteiger partial charge in [-0.3, -0.25) is 9.36 Å². The summed E-state index contributed by atoms with van der Waals surface area (Å²) in [5.41, 5.74) is 3.55. The lowest BCUT2D eigenvalue weighted by Crippen LogP contribution is -2.19. The van der Waals surface area contributed by atoms with Crippen molar-refractivity contribution in [3.05, 3.63) is 54.0 Å². The largest absolute Gasteiger partial charge is 0.310 e. The van der Waals surface area contributed by atoms with Gasteiger partial charge >= 0.3 is 0 Å². The van der Waals surface area contributed by atoms with Crippen molar-refractivity contribution in [1.82, 2.24) is 19.3 Å². The zero-order chi connectivity index (χ0) is 19.5. The van der Waals surface area contributed by atoms with Gasteiger partial charge in [0.25, 0.3) is 0 Å². The van der Waals surface area contributed by atoms with Gasteiger partial charge in [-0.25, -0.2) is 9.67 Å². The van der Waals surface area contributed by atoms with Gasteiger partial charge in [0.05, 0.1) is 18.0 Å². The first-order chi connectivity index (χ1) is 13.6. The summed E-state index contributed by atoms with van der Waals surface area (Å²) in [7, 11) is 0. The second-order valence-corrected chi connectivity index (χ2v) is 8.23. The van der Waals surface area contributed by atoms with Crippen LogP contribution in [0.4, 0.5) is 5.82 Å². The van der Waals surface area contributed by atoms with Crippen LogP contribution in [-0.2, 0) is 4.79 Å². The van der Waals surface area contributed by atoms with Crippen LogP contribution in [0.3, 0.4) is 0 Å². The van der Waals surface area contributed by atoms with Crippen molar-refractivity contribution in [2.75, 3.05) is 11.1 Å². The van der Waals surface area contributed by atoms with Crippen LogP contribution in [0.2, 0.25) is 0 Å². The number of anilines is 1. The molecule has 146 valence electrons. The molecular formula is C21H25N5OS. The normalized spacial score (nSPS) is 14.5. The van der Waals surface area contributed by atoms with Crippen LogP contribution in [0.1, 0.15) is 42.9 Å². The lowest BCUT2D eigenvalue weighted by molar-refractivity contribution is -0.113. The number of benzene rings is 1. The Balaban J connectivity index is 1.40. The van der Waals surface area contributed by atoms with E-state index in [9.17, 15) is 4.79 Å². The highest BCUT2D eigenvalue weighted by atomic mass is 32.2. The Bertz CT molecular complexity index is 971. The maximum atomic E-state index is 12.5. The van der Waals surface area contributed by atoms with E-state index in [0.717, 1.165) is 29.5 Å². The van der Waals surface area contributed by atoms with Gasteiger partial charge in [0, 0.05) is 24.1 Å². The molecule has 0 saturated heterocycles. The average molecular weight is 396 g/mol. The molecule has 0 spiro atoms. The first-order valence-corrected chi connectivity index (χ1v) is 10.7. The fourth-order valence-corrected chi connectivity index (χ4v) is 4.40. The van der Waals surface area contributed by atoms with E-state index >= 15 is 0 Å². The second kappa shape index (κ2) is 8.22. The number of rotatable bonds is 6. The SMILES string of the molecule is Cc1ccc(-n2ccnc2SCC(=O)Nc2ccnn2C2CCCC2)cc1C. The summed E-state index contributed by atoms with van der Waals surface area (Å²) in [5.74, 6) is 1.05. The second-order valence-electron chi connectivity index (χ2n) is 7.28. The molecule has 1 aliphatic carbocycles. The third-order valence-corrected chi connectivity index (χ3v) is 6.28. The number of carbonyl (C=O) groups excluding carboxylic acids is 1. The molecule has 1 saturated carbocycles. The molecule has 3 aromatic rings. The van der Waals surface area contributed by atoms with E-state index in [4.69, 9.17) is 0 Å². The Hall–Kier alpha value is -2.54. The van der Waals surface area contributed by atoms with Crippen LogP contribution in [0, 0.1) is 13.8 Å². The average Bonchev–Trinajstić information content (AvgIpc) is 3.43. The zero-order valence-electron chi connectivity index (χ0n) is 16.3. The summed E-state index contributed by atoms with van der Waals surface area (Å²) in [6, 6.07) is 8.60. The molecule has 6 nitrogen and oxygen atoms in total. The van der Waals surface area contributed by atoms with Gasteiger partial charge < -0.3 is 5.32 Å². The van der Waals surface area contributed by atoms with Crippen molar-refractivity contribution in [2.24, 2.45) is 0 Å². The predicted molar refractivity (Wildman–Crippen MR) is 112 cm³/mol. The van der Waals surface area contributed by atoms with E-state index < -0.39 is 0 Å². The van der Waals surface area contributed by atoms with Crippen LogP contribution in [0.25, 0.3) is 5.69 Å². The quantitative estimate of drug-likeness (QED) is 0.623. The molecule has 1 aliphatic rings. The maximum Gasteiger partial charge on any atom is 0.235 e. The van der Waals surface area contributed by atoms with E-state index in [2.05, 4.69) is 47.4 Å². The van der Waals surface area contributed by atoms with E-state index in [-0.39, 0.29) is 5.91 Å². The van der Waals surface area contributed by atoms with Crippen LogP contribution in [0.15, 0.2) is 48.0 Å². The standard InChI is InChI=1S/C21H25N5OS/c1-15-7-8-18(13-16(15)2)25-12-11-22-21(25)28-14-20(27)24-19-9-10-23-26(19)17-5-3-4-6-17/h7-13,17H,3-6,14H2,1-2H3,(H,24,27). The van der Waals surface area contributed by atoms with Crippen LogP contribution >= 0.6 is 11.8 Å². The van der Waals surface area contributed by atoms with Crippen molar-refractivity contribution in [3.63, 3.8) is 0 Å². The highest BCUT2D eigenvalue weighted by molar-refractivity contribution is 7.99. The molecule has 1 aromatic carbocycles. The number of hydrogen-bond donors (Lipinski definition) is 1. The van der Waals surface area contributed by atoms with Gasteiger partial charge in [0.15, 0.2) is 5.16 Å². The minimum atomic E-state index is -0.0422. The lowest BCUT2D eigenvalue weighted by atomic mass is 10.1. The first-order valence-electron chi connectivity index (χ1n) is 9.69. The van der Waals surface area contributed by atoms with E-state index in [1.165, 1.54) is 35.7 Å². The number of aryl methyl sites for hydroxylation is 2. The van der Waals surface area contributed by atoms with E-state index in [1.54, 1.807) is 12.4 Å². The van der Waals surface area contributed by atoms with Gasteiger partial charge in [0.2, 0.25) is 5.91 Å². The van der Waals surface area contributed by atoms with E-state index in [0.29, 0.717) is 11.8 Å². The van der Waals surface area contributed by atoms with Gasteiger partial charge in [-0.15, -0.1) is 0 Å². The summed E-state index contributed by atoms with van der Waals surface area (Å²) in [6.45, 7) is 4.20. The maximum absolute atomic E-state index is 12.5. The molecule has 1 fully saturated rings. The van der Waals surface area contributed by atoms with Gasteiger partial charge in [-0.1, -0.05) is 30.7 Å². The number of thioether (sulfide) groups is 1. The minimum absolute atomic E-state index is 0.0422. The first kappa shape index (κ1) is 18.8. The van der Waals surface area contributed by atoms with Crippen molar-refractivity contribution >= 4 is 23.5 Å².